The second kappa shape index (κ2) is 6.27. The summed E-state index contributed by atoms with van der Waals surface area (Å²) in [6.07, 6.45) is 2.26. The number of ether oxygens (including phenoxy) is 1. The monoisotopic (exact) mass is 351 g/mol. The van der Waals surface area contributed by atoms with E-state index in [4.69, 9.17) is 9.84 Å². The summed E-state index contributed by atoms with van der Waals surface area (Å²) in [4.78, 5) is 2.38. The van der Waals surface area contributed by atoms with Crippen LogP contribution in [0.25, 0.3) is 5.65 Å². The predicted molar refractivity (Wildman–Crippen MR) is 102 cm³/mol. The normalized spacial score (nSPS) is 17.8. The zero-order valence-electron chi connectivity index (χ0n) is 15.8. The molecule has 1 aliphatic heterocycles. The fourth-order valence-electron chi connectivity index (χ4n) is 3.64. The highest BCUT2D eigenvalue weighted by Crippen LogP contribution is 2.36. The molecule has 6 nitrogen and oxygen atoms in total. The number of benzene rings is 1. The van der Waals surface area contributed by atoms with Crippen molar-refractivity contribution in [2.45, 2.75) is 45.1 Å². The fourth-order valence-corrected chi connectivity index (χ4v) is 3.64. The quantitative estimate of drug-likeness (QED) is 0.719. The number of rotatable bonds is 3. The van der Waals surface area contributed by atoms with Crippen LogP contribution in [0.15, 0.2) is 36.4 Å². The van der Waals surface area contributed by atoms with Crippen LogP contribution in [-0.4, -0.2) is 33.5 Å². The molecule has 0 bridgehead atoms. The Labute approximate surface area is 153 Å². The number of fused-ring (bicyclic) bond motifs is 1. The van der Waals surface area contributed by atoms with Crippen LogP contribution in [0.5, 0.6) is 5.75 Å². The lowest BCUT2D eigenvalue weighted by Crippen LogP contribution is -2.25. The molecule has 4 rings (SSSR count). The van der Waals surface area contributed by atoms with Crippen molar-refractivity contribution in [3.05, 3.63) is 47.8 Å². The van der Waals surface area contributed by atoms with Crippen LogP contribution in [0.2, 0.25) is 0 Å². The maximum Gasteiger partial charge on any atom is 0.178 e. The molecule has 3 aromatic rings. The average Bonchev–Trinajstić information content (AvgIpc) is 3.27. The molecule has 0 spiro atoms. The first-order valence-corrected chi connectivity index (χ1v) is 9.11. The van der Waals surface area contributed by atoms with Crippen LogP contribution >= 0.6 is 0 Å². The molecule has 0 N–H and O–H groups in total. The maximum atomic E-state index is 5.40. The Balaban J connectivity index is 1.73. The molecule has 26 heavy (non-hydrogen) atoms. The summed E-state index contributed by atoms with van der Waals surface area (Å²) in [6.45, 7) is 7.39. The van der Waals surface area contributed by atoms with Gasteiger partial charge in [-0.2, -0.15) is 4.52 Å². The number of anilines is 1. The minimum Gasteiger partial charge on any atom is -0.497 e. The Morgan fingerprint density at radius 2 is 1.96 bits per heavy atom. The molecule has 0 amide bonds. The third-order valence-corrected chi connectivity index (χ3v) is 4.95. The van der Waals surface area contributed by atoms with Crippen molar-refractivity contribution in [3.63, 3.8) is 0 Å². The van der Waals surface area contributed by atoms with E-state index in [2.05, 4.69) is 60.1 Å². The van der Waals surface area contributed by atoms with Crippen molar-refractivity contribution in [3.8, 4) is 5.75 Å². The van der Waals surface area contributed by atoms with Gasteiger partial charge in [-0.3, -0.25) is 0 Å². The van der Waals surface area contributed by atoms with Crippen molar-refractivity contribution in [1.29, 1.82) is 0 Å². The molecule has 1 aliphatic rings. The molecule has 1 atom stereocenters. The molecule has 0 radical (unpaired) electrons. The van der Waals surface area contributed by atoms with Gasteiger partial charge in [-0.05, 0) is 42.7 Å². The molecule has 1 fully saturated rings. The van der Waals surface area contributed by atoms with E-state index in [1.165, 1.54) is 5.56 Å². The minimum atomic E-state index is -0.109. The van der Waals surface area contributed by atoms with Crippen LogP contribution in [0.3, 0.4) is 0 Å². The first-order valence-electron chi connectivity index (χ1n) is 9.11. The summed E-state index contributed by atoms with van der Waals surface area (Å²) in [7, 11) is 1.71. The second-order valence-corrected chi connectivity index (χ2v) is 7.86. The van der Waals surface area contributed by atoms with Gasteiger partial charge in [0, 0.05) is 12.0 Å². The molecule has 136 valence electrons. The fraction of sp³-hybridized carbons (Fsp3) is 0.450. The molecule has 0 saturated carbocycles. The number of aromatic nitrogens is 4. The summed E-state index contributed by atoms with van der Waals surface area (Å²) in [6, 6.07) is 12.7. The van der Waals surface area contributed by atoms with Crippen molar-refractivity contribution in [2.24, 2.45) is 0 Å². The Morgan fingerprint density at radius 1 is 1.12 bits per heavy atom. The summed E-state index contributed by atoms with van der Waals surface area (Å²) in [5, 5.41) is 13.5. The van der Waals surface area contributed by atoms with Crippen molar-refractivity contribution < 1.29 is 4.74 Å². The van der Waals surface area contributed by atoms with Crippen LogP contribution in [0.4, 0.5) is 5.82 Å². The highest BCUT2D eigenvalue weighted by molar-refractivity contribution is 5.49. The smallest absolute Gasteiger partial charge is 0.178 e. The van der Waals surface area contributed by atoms with E-state index in [9.17, 15) is 0 Å². The summed E-state index contributed by atoms with van der Waals surface area (Å²) in [5.41, 5.74) is 1.95. The van der Waals surface area contributed by atoms with E-state index in [0.29, 0.717) is 6.04 Å². The average molecular weight is 351 g/mol. The Morgan fingerprint density at radius 3 is 2.73 bits per heavy atom. The lowest BCUT2D eigenvalue weighted by atomic mass is 9.96. The first-order chi connectivity index (χ1) is 12.5. The lowest BCUT2D eigenvalue weighted by Gasteiger charge is -2.26. The van der Waals surface area contributed by atoms with Crippen LogP contribution in [0, 0.1) is 0 Å². The van der Waals surface area contributed by atoms with Gasteiger partial charge in [0.15, 0.2) is 11.5 Å². The molecule has 3 heterocycles. The Hall–Kier alpha value is -2.63. The molecular weight excluding hydrogens is 326 g/mol. The van der Waals surface area contributed by atoms with Gasteiger partial charge < -0.3 is 9.64 Å². The zero-order valence-corrected chi connectivity index (χ0v) is 15.8. The van der Waals surface area contributed by atoms with E-state index in [1.54, 1.807) is 7.11 Å². The molecule has 6 heteroatoms. The first kappa shape index (κ1) is 16.8. The number of hydrogen-bond acceptors (Lipinski definition) is 5. The topological polar surface area (TPSA) is 55.5 Å². The SMILES string of the molecule is COc1cccc(C2CCCN2c2ccc3nnc(C(C)(C)C)n3n2)c1. The predicted octanol–water partition coefficient (Wildman–Crippen LogP) is 3.77. The van der Waals surface area contributed by atoms with Gasteiger partial charge in [0.2, 0.25) is 0 Å². The van der Waals surface area contributed by atoms with Crippen molar-refractivity contribution in [1.82, 2.24) is 19.8 Å². The summed E-state index contributed by atoms with van der Waals surface area (Å²) < 4.78 is 7.29. The maximum absolute atomic E-state index is 5.40. The van der Waals surface area contributed by atoms with Gasteiger partial charge in [0.05, 0.1) is 13.2 Å². The second-order valence-electron chi connectivity index (χ2n) is 7.86. The van der Waals surface area contributed by atoms with E-state index < -0.39 is 0 Å². The highest BCUT2D eigenvalue weighted by Gasteiger charge is 2.29. The number of hydrogen-bond donors (Lipinski definition) is 0. The van der Waals surface area contributed by atoms with Gasteiger partial charge in [0.1, 0.15) is 11.6 Å². The van der Waals surface area contributed by atoms with Gasteiger partial charge in [-0.15, -0.1) is 15.3 Å². The van der Waals surface area contributed by atoms with Gasteiger partial charge >= 0.3 is 0 Å². The number of methoxy groups -OCH3 is 1. The van der Waals surface area contributed by atoms with Crippen LogP contribution < -0.4 is 9.64 Å². The molecule has 1 saturated heterocycles. The zero-order chi connectivity index (χ0) is 18.3. The standard InChI is InChI=1S/C20H25N5O/c1-20(2,3)19-22-21-17-10-11-18(23-25(17)19)24-12-6-9-16(24)14-7-5-8-15(13-14)26-4/h5,7-8,10-11,13,16H,6,9,12H2,1-4H3. The molecular formula is C20H25N5O. The van der Waals surface area contributed by atoms with Crippen LogP contribution in [0.1, 0.15) is 51.0 Å². The molecule has 1 unspecified atom stereocenters. The summed E-state index contributed by atoms with van der Waals surface area (Å²) >= 11 is 0. The van der Waals surface area contributed by atoms with Crippen molar-refractivity contribution in [2.75, 3.05) is 18.6 Å². The number of nitrogens with zero attached hydrogens (tertiary/aromatic N) is 5. The van der Waals surface area contributed by atoms with E-state index in [1.807, 2.05) is 16.6 Å². The minimum absolute atomic E-state index is 0.109. The van der Waals surface area contributed by atoms with Crippen LogP contribution in [-0.2, 0) is 5.41 Å². The Kier molecular flexibility index (Phi) is 4.05. The summed E-state index contributed by atoms with van der Waals surface area (Å²) in [5.74, 6) is 2.74. The van der Waals surface area contributed by atoms with Gasteiger partial charge in [-0.1, -0.05) is 32.9 Å². The third kappa shape index (κ3) is 2.89. The third-order valence-electron chi connectivity index (χ3n) is 4.95. The van der Waals surface area contributed by atoms with E-state index in [0.717, 1.165) is 42.4 Å². The van der Waals surface area contributed by atoms with Gasteiger partial charge in [0.25, 0.3) is 0 Å². The van der Waals surface area contributed by atoms with E-state index >= 15 is 0 Å². The lowest BCUT2D eigenvalue weighted by molar-refractivity contribution is 0.414. The highest BCUT2D eigenvalue weighted by atomic mass is 16.5. The van der Waals surface area contributed by atoms with Gasteiger partial charge in [-0.25, -0.2) is 0 Å². The van der Waals surface area contributed by atoms with Crippen molar-refractivity contribution >= 4 is 11.5 Å². The molecule has 2 aromatic heterocycles. The molecule has 0 aliphatic carbocycles. The van der Waals surface area contributed by atoms with E-state index in [-0.39, 0.29) is 5.41 Å². The Bertz CT molecular complexity index is 927. The molecule has 1 aromatic carbocycles. The largest absolute Gasteiger partial charge is 0.497 e.